The van der Waals surface area contributed by atoms with E-state index in [4.69, 9.17) is 16.3 Å². The Kier molecular flexibility index (Phi) is 3.43. The largest absolute Gasteiger partial charge is 0.496 e. The van der Waals surface area contributed by atoms with Crippen molar-refractivity contribution < 1.29 is 9.13 Å². The molecule has 20 heavy (non-hydrogen) atoms. The van der Waals surface area contributed by atoms with Crippen LogP contribution in [0.4, 0.5) is 4.39 Å². The fourth-order valence-electron chi connectivity index (χ4n) is 2.79. The summed E-state index contributed by atoms with van der Waals surface area (Å²) in [4.78, 5) is 0. The van der Waals surface area contributed by atoms with Gasteiger partial charge in [-0.25, -0.2) is 4.39 Å². The molecule has 3 heteroatoms. The van der Waals surface area contributed by atoms with Gasteiger partial charge in [0.15, 0.2) is 0 Å². The van der Waals surface area contributed by atoms with Gasteiger partial charge in [-0.05, 0) is 36.6 Å². The fourth-order valence-corrected chi connectivity index (χ4v) is 3.31. The number of ether oxygens (including phenoxy) is 1. The lowest BCUT2D eigenvalue weighted by atomic mass is 9.88. The molecule has 0 aromatic heterocycles. The summed E-state index contributed by atoms with van der Waals surface area (Å²) in [6, 6.07) is 14.7. The molecule has 0 amide bonds. The minimum absolute atomic E-state index is 0.0934. The summed E-state index contributed by atoms with van der Waals surface area (Å²) in [6.45, 7) is 0. The molecule has 2 aromatic rings. The van der Waals surface area contributed by atoms with Gasteiger partial charge >= 0.3 is 0 Å². The number of alkyl halides is 1. The highest BCUT2D eigenvalue weighted by Crippen LogP contribution is 2.60. The van der Waals surface area contributed by atoms with Crippen molar-refractivity contribution in [1.82, 2.24) is 0 Å². The van der Waals surface area contributed by atoms with Crippen molar-refractivity contribution in [3.05, 3.63) is 65.5 Å². The molecule has 1 unspecified atom stereocenters. The maximum Gasteiger partial charge on any atom is 0.123 e. The van der Waals surface area contributed by atoms with Gasteiger partial charge in [0.05, 0.1) is 12.5 Å². The topological polar surface area (TPSA) is 9.23 Å². The number of rotatable bonds is 4. The number of benzene rings is 2. The second-order valence-corrected chi connectivity index (χ2v) is 5.71. The van der Waals surface area contributed by atoms with Crippen LogP contribution >= 0.6 is 11.6 Å². The second-order valence-electron chi connectivity index (χ2n) is 5.27. The standard InChI is InChI=1S/C17H16ClFO/c1-20-15-8-7-13(19)11-14(15)16(18)17(9-10-17)12-5-3-2-4-6-12/h2-8,11,16H,9-10H2,1H3. The summed E-state index contributed by atoms with van der Waals surface area (Å²) in [6.07, 6.45) is 2.04. The molecule has 2 aromatic carbocycles. The molecule has 0 heterocycles. The highest BCUT2D eigenvalue weighted by atomic mass is 35.5. The number of methoxy groups -OCH3 is 1. The zero-order valence-corrected chi connectivity index (χ0v) is 12.0. The molecule has 1 saturated carbocycles. The Hall–Kier alpha value is -1.54. The summed E-state index contributed by atoms with van der Waals surface area (Å²) in [5, 5.41) is -0.282. The average Bonchev–Trinajstić information content (AvgIpc) is 3.29. The fraction of sp³-hybridized carbons (Fsp3) is 0.294. The van der Waals surface area contributed by atoms with E-state index in [0.29, 0.717) is 5.75 Å². The molecular formula is C17H16ClFO. The van der Waals surface area contributed by atoms with E-state index in [1.165, 1.54) is 17.7 Å². The predicted octanol–water partition coefficient (Wildman–Crippen LogP) is 4.85. The molecular weight excluding hydrogens is 275 g/mol. The number of halogens is 2. The lowest BCUT2D eigenvalue weighted by Crippen LogP contribution is -2.15. The van der Waals surface area contributed by atoms with Gasteiger partial charge in [-0.2, -0.15) is 0 Å². The molecule has 0 spiro atoms. The Balaban J connectivity index is 2.01. The van der Waals surface area contributed by atoms with Crippen LogP contribution in [0.1, 0.15) is 29.3 Å². The summed E-state index contributed by atoms with van der Waals surface area (Å²) >= 11 is 6.70. The Morgan fingerprint density at radius 3 is 2.45 bits per heavy atom. The van der Waals surface area contributed by atoms with E-state index in [0.717, 1.165) is 18.4 Å². The number of hydrogen-bond acceptors (Lipinski definition) is 1. The van der Waals surface area contributed by atoms with E-state index in [1.807, 2.05) is 18.2 Å². The van der Waals surface area contributed by atoms with Gasteiger partial charge in [0.25, 0.3) is 0 Å². The second kappa shape index (κ2) is 5.10. The van der Waals surface area contributed by atoms with Gasteiger partial charge in [0.2, 0.25) is 0 Å². The summed E-state index contributed by atoms with van der Waals surface area (Å²) in [5.74, 6) is 0.365. The van der Waals surface area contributed by atoms with Gasteiger partial charge in [0.1, 0.15) is 11.6 Å². The van der Waals surface area contributed by atoms with Crippen molar-refractivity contribution in [2.75, 3.05) is 7.11 Å². The lowest BCUT2D eigenvalue weighted by molar-refractivity contribution is 0.405. The van der Waals surface area contributed by atoms with E-state index in [9.17, 15) is 4.39 Å². The lowest BCUT2D eigenvalue weighted by Gasteiger charge is -2.24. The Morgan fingerprint density at radius 1 is 1.15 bits per heavy atom. The third-order valence-corrected chi connectivity index (χ3v) is 4.74. The molecule has 1 aliphatic rings. The van der Waals surface area contributed by atoms with Crippen LogP contribution in [0.2, 0.25) is 0 Å². The Bertz CT molecular complexity index is 608. The predicted molar refractivity (Wildman–Crippen MR) is 78.9 cm³/mol. The third kappa shape index (κ3) is 2.18. The molecule has 1 aliphatic carbocycles. The smallest absolute Gasteiger partial charge is 0.123 e. The summed E-state index contributed by atoms with van der Waals surface area (Å²) < 4.78 is 18.9. The van der Waals surface area contributed by atoms with E-state index < -0.39 is 0 Å². The summed E-state index contributed by atoms with van der Waals surface area (Å²) in [7, 11) is 1.59. The van der Waals surface area contributed by atoms with Crippen molar-refractivity contribution in [3.63, 3.8) is 0 Å². The first-order chi connectivity index (χ1) is 9.67. The van der Waals surface area contributed by atoms with Crippen molar-refractivity contribution in [2.24, 2.45) is 0 Å². The third-order valence-electron chi connectivity index (χ3n) is 4.09. The highest BCUT2D eigenvalue weighted by molar-refractivity contribution is 6.22. The van der Waals surface area contributed by atoms with E-state index >= 15 is 0 Å². The molecule has 3 rings (SSSR count). The average molecular weight is 291 g/mol. The van der Waals surface area contributed by atoms with Gasteiger partial charge in [-0.3, -0.25) is 0 Å². The van der Waals surface area contributed by atoms with Crippen LogP contribution in [-0.2, 0) is 5.41 Å². The van der Waals surface area contributed by atoms with Crippen molar-refractivity contribution in [1.29, 1.82) is 0 Å². The van der Waals surface area contributed by atoms with Gasteiger partial charge < -0.3 is 4.74 Å². The van der Waals surface area contributed by atoms with E-state index in [1.54, 1.807) is 13.2 Å². The summed E-state index contributed by atoms with van der Waals surface area (Å²) in [5.41, 5.74) is 1.85. The molecule has 0 radical (unpaired) electrons. The van der Waals surface area contributed by atoms with E-state index in [-0.39, 0.29) is 16.6 Å². The molecule has 0 aliphatic heterocycles. The molecule has 104 valence electrons. The quantitative estimate of drug-likeness (QED) is 0.732. The van der Waals surface area contributed by atoms with Crippen LogP contribution in [0.3, 0.4) is 0 Å². The molecule has 1 atom stereocenters. The maximum atomic E-state index is 13.5. The zero-order valence-electron chi connectivity index (χ0n) is 11.3. The van der Waals surface area contributed by atoms with Crippen LogP contribution in [0.5, 0.6) is 5.75 Å². The minimum atomic E-state index is -0.282. The first-order valence-corrected chi connectivity index (χ1v) is 7.14. The van der Waals surface area contributed by atoms with Gasteiger partial charge in [0, 0.05) is 11.0 Å². The van der Waals surface area contributed by atoms with Gasteiger partial charge in [-0.1, -0.05) is 30.3 Å². The zero-order chi connectivity index (χ0) is 14.2. The van der Waals surface area contributed by atoms with Crippen LogP contribution in [0, 0.1) is 5.82 Å². The Labute approximate surface area is 123 Å². The molecule has 0 saturated heterocycles. The Morgan fingerprint density at radius 2 is 1.85 bits per heavy atom. The molecule has 0 bridgehead atoms. The van der Waals surface area contributed by atoms with Crippen molar-refractivity contribution in [2.45, 2.75) is 23.6 Å². The molecule has 0 N–H and O–H groups in total. The van der Waals surface area contributed by atoms with Crippen LogP contribution < -0.4 is 4.74 Å². The monoisotopic (exact) mass is 290 g/mol. The van der Waals surface area contributed by atoms with E-state index in [2.05, 4.69) is 12.1 Å². The first kappa shape index (κ1) is 13.4. The maximum absolute atomic E-state index is 13.5. The van der Waals surface area contributed by atoms with Crippen LogP contribution in [0.15, 0.2) is 48.5 Å². The first-order valence-electron chi connectivity index (χ1n) is 6.70. The van der Waals surface area contributed by atoms with Gasteiger partial charge in [-0.15, -0.1) is 11.6 Å². The van der Waals surface area contributed by atoms with Crippen molar-refractivity contribution >= 4 is 11.6 Å². The SMILES string of the molecule is COc1ccc(F)cc1C(Cl)C1(c2ccccc2)CC1. The van der Waals surface area contributed by atoms with Crippen LogP contribution in [-0.4, -0.2) is 7.11 Å². The molecule has 1 nitrogen and oxygen atoms in total. The molecule has 1 fully saturated rings. The van der Waals surface area contributed by atoms with Crippen molar-refractivity contribution in [3.8, 4) is 5.75 Å². The van der Waals surface area contributed by atoms with Crippen LogP contribution in [0.25, 0.3) is 0 Å². The number of hydrogen-bond donors (Lipinski definition) is 0. The normalized spacial score (nSPS) is 17.6. The highest BCUT2D eigenvalue weighted by Gasteiger charge is 2.51. The minimum Gasteiger partial charge on any atom is -0.496 e.